The summed E-state index contributed by atoms with van der Waals surface area (Å²) in [6.07, 6.45) is 3.88. The van der Waals surface area contributed by atoms with Gasteiger partial charge in [0.15, 0.2) is 0 Å². The van der Waals surface area contributed by atoms with Gasteiger partial charge in [0.25, 0.3) is 5.91 Å². The summed E-state index contributed by atoms with van der Waals surface area (Å²) in [6, 6.07) is 13.1. The van der Waals surface area contributed by atoms with Gasteiger partial charge in [-0.25, -0.2) is 4.98 Å². The van der Waals surface area contributed by atoms with Crippen LogP contribution in [0.4, 0.5) is 0 Å². The lowest BCUT2D eigenvalue weighted by Gasteiger charge is -2.32. The van der Waals surface area contributed by atoms with Crippen LogP contribution in [0.1, 0.15) is 60.4 Å². The molecule has 5 rings (SSSR count). The van der Waals surface area contributed by atoms with Crippen LogP contribution in [0.15, 0.2) is 42.5 Å². The molecule has 1 atom stereocenters. The molecule has 172 valence electrons. The molecular weight excluding hydrogens is 416 g/mol. The number of fused-ring (bicyclic) bond motifs is 1. The van der Waals surface area contributed by atoms with Gasteiger partial charge in [0.2, 0.25) is 5.91 Å². The molecule has 0 unspecified atom stereocenters. The lowest BCUT2D eigenvalue weighted by Crippen LogP contribution is -2.42. The number of aromatic nitrogens is 2. The van der Waals surface area contributed by atoms with Gasteiger partial charge in [-0.15, -0.1) is 0 Å². The van der Waals surface area contributed by atoms with Gasteiger partial charge in [-0.2, -0.15) is 0 Å². The number of hydrogen-bond donors (Lipinski definition) is 2. The number of benzene rings is 2. The first-order valence-electron chi connectivity index (χ1n) is 11.8. The van der Waals surface area contributed by atoms with Crippen LogP contribution in [0.5, 0.6) is 5.75 Å². The number of aromatic amines is 1. The smallest absolute Gasteiger partial charge is 0.251 e. The maximum atomic E-state index is 12.7. The van der Waals surface area contributed by atoms with E-state index < -0.39 is 0 Å². The summed E-state index contributed by atoms with van der Waals surface area (Å²) in [5, 5.41) is 3.01. The SMILES string of the molecule is Cc1ccc2nc([C@H](C)NC(=O)c3ccc(OC4CCN(C(=O)C5CC5)CC4)cc3)[nH]c2c1. The van der Waals surface area contributed by atoms with E-state index in [9.17, 15) is 9.59 Å². The highest BCUT2D eigenvalue weighted by Gasteiger charge is 2.35. The third-order valence-electron chi connectivity index (χ3n) is 6.51. The zero-order valence-corrected chi connectivity index (χ0v) is 19.1. The van der Waals surface area contributed by atoms with Gasteiger partial charge in [-0.1, -0.05) is 6.07 Å². The third kappa shape index (κ3) is 4.87. The Morgan fingerprint density at radius 1 is 1.09 bits per heavy atom. The minimum Gasteiger partial charge on any atom is -0.490 e. The number of imidazole rings is 1. The average Bonchev–Trinajstić information content (AvgIpc) is 3.58. The van der Waals surface area contributed by atoms with Crippen molar-refractivity contribution in [3.63, 3.8) is 0 Å². The van der Waals surface area contributed by atoms with Crippen molar-refractivity contribution in [1.82, 2.24) is 20.2 Å². The molecule has 1 aliphatic heterocycles. The monoisotopic (exact) mass is 446 g/mol. The second-order valence-electron chi connectivity index (χ2n) is 9.28. The standard InChI is InChI=1S/C26H30N4O3/c1-16-3-10-22-23(15-16)29-24(28-22)17(2)27-25(31)18-6-8-20(9-7-18)33-21-11-13-30(14-12-21)26(32)19-4-5-19/h3,6-10,15,17,19,21H,4-5,11-14H2,1-2H3,(H,27,31)(H,28,29)/t17-/m0/s1. The Balaban J connectivity index is 1.14. The Kier molecular flexibility index (Phi) is 5.79. The summed E-state index contributed by atoms with van der Waals surface area (Å²) < 4.78 is 6.10. The van der Waals surface area contributed by atoms with Crippen molar-refractivity contribution in [3.8, 4) is 5.75 Å². The van der Waals surface area contributed by atoms with E-state index in [0.717, 1.165) is 66.9 Å². The molecule has 33 heavy (non-hydrogen) atoms. The summed E-state index contributed by atoms with van der Waals surface area (Å²) >= 11 is 0. The van der Waals surface area contributed by atoms with E-state index in [4.69, 9.17) is 4.74 Å². The van der Waals surface area contributed by atoms with Crippen molar-refractivity contribution in [2.24, 2.45) is 5.92 Å². The van der Waals surface area contributed by atoms with Crippen LogP contribution in [0.25, 0.3) is 11.0 Å². The molecule has 0 spiro atoms. The molecular formula is C26H30N4O3. The van der Waals surface area contributed by atoms with Gasteiger partial charge in [0.1, 0.15) is 17.7 Å². The van der Waals surface area contributed by atoms with Crippen LogP contribution in [0.3, 0.4) is 0 Å². The zero-order chi connectivity index (χ0) is 22.9. The largest absolute Gasteiger partial charge is 0.490 e. The number of aryl methyl sites for hydroxylation is 1. The summed E-state index contributed by atoms with van der Waals surface area (Å²) in [6.45, 7) is 5.48. The molecule has 1 aliphatic carbocycles. The molecule has 2 N–H and O–H groups in total. The molecule has 2 heterocycles. The lowest BCUT2D eigenvalue weighted by atomic mass is 10.1. The number of carbonyl (C=O) groups excluding carboxylic acids is 2. The molecule has 0 bridgehead atoms. The fourth-order valence-electron chi connectivity index (χ4n) is 4.36. The highest BCUT2D eigenvalue weighted by atomic mass is 16.5. The Morgan fingerprint density at radius 3 is 2.52 bits per heavy atom. The van der Waals surface area contributed by atoms with E-state index in [1.807, 2.05) is 49.1 Å². The van der Waals surface area contributed by atoms with Crippen LogP contribution < -0.4 is 10.1 Å². The molecule has 0 radical (unpaired) electrons. The third-order valence-corrected chi connectivity index (χ3v) is 6.51. The molecule has 2 fully saturated rings. The summed E-state index contributed by atoms with van der Waals surface area (Å²) in [7, 11) is 0. The number of nitrogens with one attached hydrogen (secondary N) is 2. The summed E-state index contributed by atoms with van der Waals surface area (Å²) in [5.74, 6) is 1.92. The maximum absolute atomic E-state index is 12.7. The number of nitrogens with zero attached hydrogens (tertiary/aromatic N) is 2. The summed E-state index contributed by atoms with van der Waals surface area (Å²) in [5.41, 5.74) is 3.59. The van der Waals surface area contributed by atoms with Crippen molar-refractivity contribution >= 4 is 22.8 Å². The van der Waals surface area contributed by atoms with Crippen molar-refractivity contribution < 1.29 is 14.3 Å². The van der Waals surface area contributed by atoms with Crippen LogP contribution in [-0.4, -0.2) is 45.9 Å². The summed E-state index contributed by atoms with van der Waals surface area (Å²) in [4.78, 5) is 34.8. The first-order valence-corrected chi connectivity index (χ1v) is 11.8. The molecule has 7 nitrogen and oxygen atoms in total. The predicted molar refractivity (Wildman–Crippen MR) is 126 cm³/mol. The van der Waals surface area contributed by atoms with E-state index in [2.05, 4.69) is 15.3 Å². The van der Waals surface area contributed by atoms with Crippen LogP contribution in [0.2, 0.25) is 0 Å². The number of amides is 2. The topological polar surface area (TPSA) is 87.3 Å². The van der Waals surface area contributed by atoms with Crippen molar-refractivity contribution in [1.29, 1.82) is 0 Å². The first-order chi connectivity index (χ1) is 16.0. The second kappa shape index (κ2) is 8.89. The Labute approximate surface area is 193 Å². The fraction of sp³-hybridized carbons (Fsp3) is 0.423. The molecule has 2 aliphatic rings. The van der Waals surface area contributed by atoms with Gasteiger partial charge < -0.3 is 19.9 Å². The van der Waals surface area contributed by atoms with E-state index in [0.29, 0.717) is 11.5 Å². The number of H-pyrrole nitrogens is 1. The van der Waals surface area contributed by atoms with Crippen molar-refractivity contribution in [2.45, 2.75) is 51.7 Å². The van der Waals surface area contributed by atoms with E-state index in [-0.39, 0.29) is 24.0 Å². The lowest BCUT2D eigenvalue weighted by molar-refractivity contribution is -0.134. The average molecular weight is 447 g/mol. The van der Waals surface area contributed by atoms with Crippen LogP contribution in [-0.2, 0) is 4.79 Å². The van der Waals surface area contributed by atoms with E-state index >= 15 is 0 Å². The minimum atomic E-state index is -0.246. The van der Waals surface area contributed by atoms with Gasteiger partial charge in [-0.3, -0.25) is 9.59 Å². The van der Waals surface area contributed by atoms with Gasteiger partial charge in [0, 0.05) is 37.4 Å². The molecule has 1 aromatic heterocycles. The maximum Gasteiger partial charge on any atom is 0.251 e. The Hall–Kier alpha value is -3.35. The van der Waals surface area contributed by atoms with Crippen LogP contribution in [0, 0.1) is 12.8 Å². The van der Waals surface area contributed by atoms with Crippen molar-refractivity contribution in [2.75, 3.05) is 13.1 Å². The van der Waals surface area contributed by atoms with Gasteiger partial charge >= 0.3 is 0 Å². The molecule has 2 aromatic carbocycles. The second-order valence-corrected chi connectivity index (χ2v) is 9.28. The highest BCUT2D eigenvalue weighted by molar-refractivity contribution is 5.94. The van der Waals surface area contributed by atoms with E-state index in [1.165, 1.54) is 0 Å². The molecule has 1 saturated heterocycles. The first kappa shape index (κ1) is 21.5. The number of piperidine rings is 1. The Bertz CT molecular complexity index is 1160. The van der Waals surface area contributed by atoms with Crippen molar-refractivity contribution in [3.05, 3.63) is 59.4 Å². The number of carbonyl (C=O) groups is 2. The zero-order valence-electron chi connectivity index (χ0n) is 19.1. The highest BCUT2D eigenvalue weighted by Crippen LogP contribution is 2.32. The number of hydrogen-bond acceptors (Lipinski definition) is 4. The van der Waals surface area contributed by atoms with Crippen LogP contribution >= 0.6 is 0 Å². The number of likely N-dealkylation sites (tertiary alicyclic amines) is 1. The van der Waals surface area contributed by atoms with Gasteiger partial charge in [-0.05, 0) is 68.7 Å². The van der Waals surface area contributed by atoms with E-state index in [1.54, 1.807) is 12.1 Å². The predicted octanol–water partition coefficient (Wildman–Crippen LogP) is 4.14. The minimum absolute atomic E-state index is 0.102. The number of rotatable bonds is 6. The molecule has 7 heteroatoms. The molecule has 1 saturated carbocycles. The quantitative estimate of drug-likeness (QED) is 0.596. The van der Waals surface area contributed by atoms with Gasteiger partial charge in [0.05, 0.1) is 17.1 Å². The fourth-order valence-corrected chi connectivity index (χ4v) is 4.36. The molecule has 2 amide bonds. The normalized spacial score (nSPS) is 17.7. The Morgan fingerprint density at radius 2 is 1.82 bits per heavy atom. The molecule has 3 aromatic rings. The number of ether oxygens (including phenoxy) is 1.